The molecule has 8 nitrogen and oxygen atoms in total. The van der Waals surface area contributed by atoms with Crippen molar-refractivity contribution in [3.63, 3.8) is 0 Å². The molecule has 0 bridgehead atoms. The van der Waals surface area contributed by atoms with Crippen molar-refractivity contribution >= 4 is 24.1 Å². The topological polar surface area (TPSA) is 101 Å². The van der Waals surface area contributed by atoms with Crippen LogP contribution in [0.4, 0.5) is 0 Å². The quantitative estimate of drug-likeness (QED) is 0.440. The third-order valence-corrected chi connectivity index (χ3v) is 4.43. The second-order valence-electron chi connectivity index (χ2n) is 6.37. The number of esters is 1. The van der Waals surface area contributed by atoms with Crippen LogP contribution in [0.1, 0.15) is 18.1 Å². The van der Waals surface area contributed by atoms with Crippen molar-refractivity contribution in [3.8, 4) is 23.0 Å². The predicted octanol–water partition coefficient (Wildman–Crippen LogP) is 3.26. The van der Waals surface area contributed by atoms with Crippen molar-refractivity contribution < 1.29 is 38.4 Å². The summed E-state index contributed by atoms with van der Waals surface area (Å²) in [6.07, 6.45) is 2.84. The number of carbonyl (C=O) groups excluding carboxylic acids is 1. The molecule has 2 aromatic carbocycles. The van der Waals surface area contributed by atoms with Crippen LogP contribution < -0.4 is 18.9 Å². The Balaban J connectivity index is 1.77. The third-order valence-electron chi connectivity index (χ3n) is 4.43. The van der Waals surface area contributed by atoms with Crippen LogP contribution >= 0.6 is 0 Å². The van der Waals surface area contributed by atoms with Gasteiger partial charge >= 0.3 is 11.9 Å². The van der Waals surface area contributed by atoms with Crippen LogP contribution in [0.2, 0.25) is 0 Å². The average molecular weight is 410 g/mol. The molecule has 1 N–H and O–H groups in total. The molecule has 0 atom stereocenters. The molecule has 0 aromatic heterocycles. The van der Waals surface area contributed by atoms with Gasteiger partial charge in [-0.25, -0.2) is 9.59 Å². The molecule has 154 valence electrons. The zero-order valence-electron chi connectivity index (χ0n) is 16.0. The van der Waals surface area contributed by atoms with Crippen LogP contribution in [0.25, 0.3) is 12.2 Å². The Labute approximate surface area is 171 Å². The predicted molar refractivity (Wildman–Crippen MR) is 105 cm³/mol. The maximum atomic E-state index is 12.6. The van der Waals surface area contributed by atoms with Crippen LogP contribution in [0, 0.1) is 0 Å². The van der Waals surface area contributed by atoms with Gasteiger partial charge in [0.05, 0.1) is 17.8 Å². The summed E-state index contributed by atoms with van der Waals surface area (Å²) in [4.78, 5) is 24.7. The molecular weight excluding hydrogens is 392 g/mol. The Hall–Kier alpha value is -3.94. The number of fused-ring (bicyclic) bond motifs is 2. The zero-order valence-corrected chi connectivity index (χ0v) is 16.0. The molecule has 2 aliphatic rings. The van der Waals surface area contributed by atoms with Crippen molar-refractivity contribution in [1.82, 2.24) is 0 Å². The minimum atomic E-state index is -1.27. The summed E-state index contributed by atoms with van der Waals surface area (Å²) in [6.45, 7) is 1.97. The normalized spacial score (nSPS) is 14.6. The standard InChI is InChI=1S/C22H18O8/c1-2-26-22(25)16(8-14-4-6-18-20(10-14)30-12-28-18)15(21(23)24)7-13-3-5-17-19(9-13)29-11-27-17/h3-10H,2,11-12H2,1H3,(H,23,24)/b15-7+,16-8-. The van der Waals surface area contributed by atoms with Gasteiger partial charge in [-0.05, 0) is 54.5 Å². The van der Waals surface area contributed by atoms with Gasteiger partial charge in [-0.3, -0.25) is 0 Å². The number of carboxylic acid groups (broad SMARTS) is 1. The molecule has 0 saturated carbocycles. The van der Waals surface area contributed by atoms with Gasteiger partial charge in [0.15, 0.2) is 23.0 Å². The molecule has 0 spiro atoms. The lowest BCUT2D eigenvalue weighted by molar-refractivity contribution is -0.139. The molecule has 2 aromatic rings. The number of carboxylic acids is 1. The van der Waals surface area contributed by atoms with Crippen molar-refractivity contribution in [1.29, 1.82) is 0 Å². The number of aliphatic carboxylic acids is 1. The van der Waals surface area contributed by atoms with E-state index >= 15 is 0 Å². The van der Waals surface area contributed by atoms with E-state index in [1.54, 1.807) is 43.3 Å². The Morgan fingerprint density at radius 3 is 1.87 bits per heavy atom. The SMILES string of the molecule is CCOC(=O)C(=C\c1ccc2c(c1)OCO2)/C(=C\c1ccc2c(c1)OCO2)C(=O)O. The van der Waals surface area contributed by atoms with E-state index in [1.807, 2.05) is 0 Å². The highest BCUT2D eigenvalue weighted by molar-refractivity contribution is 6.12. The van der Waals surface area contributed by atoms with Gasteiger partial charge < -0.3 is 28.8 Å². The molecular formula is C22H18O8. The van der Waals surface area contributed by atoms with Crippen LogP contribution in [0.15, 0.2) is 47.5 Å². The van der Waals surface area contributed by atoms with Gasteiger partial charge in [-0.2, -0.15) is 0 Å². The van der Waals surface area contributed by atoms with Crippen molar-refractivity contribution in [3.05, 3.63) is 58.7 Å². The minimum absolute atomic E-state index is 0.0964. The molecule has 0 radical (unpaired) electrons. The highest BCUT2D eigenvalue weighted by Crippen LogP contribution is 2.35. The number of ether oxygens (including phenoxy) is 5. The zero-order chi connectivity index (χ0) is 21.1. The smallest absolute Gasteiger partial charge is 0.339 e. The molecule has 2 heterocycles. The van der Waals surface area contributed by atoms with Gasteiger partial charge in [-0.15, -0.1) is 0 Å². The second kappa shape index (κ2) is 8.20. The molecule has 0 amide bonds. The lowest BCUT2D eigenvalue weighted by Crippen LogP contribution is -2.14. The van der Waals surface area contributed by atoms with Gasteiger partial charge in [-0.1, -0.05) is 12.1 Å². The van der Waals surface area contributed by atoms with E-state index in [0.29, 0.717) is 34.1 Å². The molecule has 0 saturated heterocycles. The summed E-state index contributed by atoms with van der Waals surface area (Å²) in [7, 11) is 0. The average Bonchev–Trinajstić information content (AvgIpc) is 3.38. The fourth-order valence-electron chi connectivity index (χ4n) is 3.05. The van der Waals surface area contributed by atoms with E-state index in [2.05, 4.69) is 0 Å². The van der Waals surface area contributed by atoms with Gasteiger partial charge in [0.25, 0.3) is 0 Å². The van der Waals surface area contributed by atoms with Crippen LogP contribution in [-0.4, -0.2) is 37.2 Å². The van der Waals surface area contributed by atoms with Crippen LogP contribution in [0.3, 0.4) is 0 Å². The maximum Gasteiger partial charge on any atom is 0.339 e. The summed E-state index contributed by atoms with van der Waals surface area (Å²) < 4.78 is 26.3. The summed E-state index contributed by atoms with van der Waals surface area (Å²) in [5.41, 5.74) is 0.795. The molecule has 0 aliphatic carbocycles. The molecule has 30 heavy (non-hydrogen) atoms. The lowest BCUT2D eigenvalue weighted by Gasteiger charge is -2.09. The summed E-state index contributed by atoms with van der Waals surface area (Å²) in [6, 6.07) is 10.1. The van der Waals surface area contributed by atoms with Crippen molar-refractivity contribution in [2.75, 3.05) is 20.2 Å². The van der Waals surface area contributed by atoms with Crippen molar-refractivity contribution in [2.24, 2.45) is 0 Å². The van der Waals surface area contributed by atoms with Gasteiger partial charge in [0.2, 0.25) is 13.6 Å². The van der Waals surface area contributed by atoms with E-state index < -0.39 is 11.9 Å². The first kappa shape index (κ1) is 19.4. The number of hydrogen-bond donors (Lipinski definition) is 1. The second-order valence-corrected chi connectivity index (χ2v) is 6.37. The first-order valence-corrected chi connectivity index (χ1v) is 9.18. The summed E-state index contributed by atoms with van der Waals surface area (Å²) in [5, 5.41) is 9.83. The van der Waals surface area contributed by atoms with E-state index in [0.717, 1.165) is 0 Å². The molecule has 2 aliphatic heterocycles. The van der Waals surface area contributed by atoms with E-state index in [9.17, 15) is 14.7 Å². The van der Waals surface area contributed by atoms with E-state index in [1.165, 1.54) is 12.2 Å². The molecule has 4 rings (SSSR count). The third kappa shape index (κ3) is 3.93. The minimum Gasteiger partial charge on any atom is -0.478 e. The van der Waals surface area contributed by atoms with Crippen LogP contribution in [0.5, 0.6) is 23.0 Å². The number of hydrogen-bond acceptors (Lipinski definition) is 7. The van der Waals surface area contributed by atoms with Crippen LogP contribution in [-0.2, 0) is 14.3 Å². The van der Waals surface area contributed by atoms with Gasteiger partial charge in [0, 0.05) is 0 Å². The van der Waals surface area contributed by atoms with E-state index in [4.69, 9.17) is 23.7 Å². The molecule has 8 heteroatoms. The first-order chi connectivity index (χ1) is 14.5. The van der Waals surface area contributed by atoms with Gasteiger partial charge in [0.1, 0.15) is 0 Å². The fraction of sp³-hybridized carbons (Fsp3) is 0.182. The number of carbonyl (C=O) groups is 2. The Kier molecular flexibility index (Phi) is 5.30. The fourth-order valence-corrected chi connectivity index (χ4v) is 3.05. The Morgan fingerprint density at radius 2 is 1.37 bits per heavy atom. The van der Waals surface area contributed by atoms with Crippen molar-refractivity contribution in [2.45, 2.75) is 6.92 Å². The lowest BCUT2D eigenvalue weighted by atomic mass is 9.99. The van der Waals surface area contributed by atoms with E-state index in [-0.39, 0.29) is 31.3 Å². The Morgan fingerprint density at radius 1 is 0.867 bits per heavy atom. The molecule has 0 fully saturated rings. The summed E-state index contributed by atoms with van der Waals surface area (Å²) >= 11 is 0. The number of rotatable bonds is 6. The maximum absolute atomic E-state index is 12.6. The highest BCUT2D eigenvalue weighted by Gasteiger charge is 2.23. The first-order valence-electron chi connectivity index (χ1n) is 9.18. The Bertz CT molecular complexity index is 1070. The largest absolute Gasteiger partial charge is 0.478 e. The summed E-state index contributed by atoms with van der Waals surface area (Å²) in [5.74, 6) is 0.163. The number of benzene rings is 2. The monoisotopic (exact) mass is 410 g/mol. The molecule has 0 unspecified atom stereocenters. The highest BCUT2D eigenvalue weighted by atomic mass is 16.7.